The van der Waals surface area contributed by atoms with Gasteiger partial charge in [0.2, 0.25) is 5.95 Å². The third-order valence-corrected chi connectivity index (χ3v) is 6.33. The van der Waals surface area contributed by atoms with Crippen LogP contribution in [0.4, 0.5) is 36.4 Å². The summed E-state index contributed by atoms with van der Waals surface area (Å²) in [5.41, 5.74) is 6.31. The number of ether oxygens (including phenoxy) is 1. The van der Waals surface area contributed by atoms with Crippen LogP contribution in [-0.2, 0) is 17.3 Å². The zero-order chi connectivity index (χ0) is 24.4. The van der Waals surface area contributed by atoms with Gasteiger partial charge in [-0.1, -0.05) is 0 Å². The molecule has 3 aromatic rings. The van der Waals surface area contributed by atoms with E-state index in [-0.39, 0.29) is 5.69 Å². The molecular formula is C24H28F3N7O. The quantitative estimate of drug-likeness (QED) is 0.509. The number of fused-ring (bicyclic) bond motifs is 1. The van der Waals surface area contributed by atoms with E-state index in [9.17, 15) is 13.2 Å². The second-order valence-corrected chi connectivity index (χ2v) is 8.86. The maximum atomic E-state index is 13.2. The Balaban J connectivity index is 1.42. The lowest BCUT2D eigenvalue weighted by molar-refractivity contribution is -0.137. The van der Waals surface area contributed by atoms with Gasteiger partial charge in [0.25, 0.3) is 0 Å². The maximum Gasteiger partial charge on any atom is 0.416 e. The molecule has 0 radical (unpaired) electrons. The van der Waals surface area contributed by atoms with Crippen LogP contribution in [0.15, 0.2) is 30.5 Å². The van der Waals surface area contributed by atoms with Crippen molar-refractivity contribution in [2.24, 2.45) is 0 Å². The molecule has 35 heavy (non-hydrogen) atoms. The lowest BCUT2D eigenvalue weighted by Crippen LogP contribution is -2.37. The fourth-order valence-corrected chi connectivity index (χ4v) is 4.52. The number of rotatable bonds is 6. The molecule has 2 saturated heterocycles. The maximum absolute atomic E-state index is 13.2. The lowest BCUT2D eigenvalue weighted by Gasteiger charge is -2.27. The number of alkyl halides is 3. The smallest absolute Gasteiger partial charge is 0.399 e. The van der Waals surface area contributed by atoms with Gasteiger partial charge in [-0.15, -0.1) is 0 Å². The minimum Gasteiger partial charge on any atom is -0.399 e. The Kier molecular flexibility index (Phi) is 6.50. The molecule has 8 nitrogen and oxygen atoms in total. The summed E-state index contributed by atoms with van der Waals surface area (Å²) in [5, 5.41) is 4.17. The van der Waals surface area contributed by atoms with Crippen molar-refractivity contribution in [2.75, 3.05) is 66.8 Å². The van der Waals surface area contributed by atoms with Gasteiger partial charge in [-0.05, 0) is 49.1 Å². The molecule has 186 valence electrons. The highest BCUT2D eigenvalue weighted by Crippen LogP contribution is 2.32. The third kappa shape index (κ3) is 5.34. The Morgan fingerprint density at radius 2 is 1.74 bits per heavy atom. The molecule has 2 aromatic heterocycles. The number of nitrogens with two attached hydrogens (primary N) is 1. The number of anilines is 4. The van der Waals surface area contributed by atoms with Crippen molar-refractivity contribution in [1.29, 1.82) is 0 Å². The highest BCUT2D eigenvalue weighted by Gasteiger charge is 2.31. The SMILES string of the molecule is Nc1cc(CCNc2nc(N3CCOCC3)nc3cnc(N4CCCC4)cc23)cc(C(F)(F)F)c1. The molecule has 0 atom stereocenters. The molecule has 0 spiro atoms. The highest BCUT2D eigenvalue weighted by molar-refractivity contribution is 5.91. The Bertz CT molecular complexity index is 1190. The summed E-state index contributed by atoms with van der Waals surface area (Å²) in [6.07, 6.45) is -0.0366. The largest absolute Gasteiger partial charge is 0.416 e. The van der Waals surface area contributed by atoms with Crippen molar-refractivity contribution in [2.45, 2.75) is 25.4 Å². The van der Waals surface area contributed by atoms with Gasteiger partial charge in [-0.2, -0.15) is 18.2 Å². The van der Waals surface area contributed by atoms with Crippen LogP contribution in [0.2, 0.25) is 0 Å². The van der Waals surface area contributed by atoms with E-state index in [1.165, 1.54) is 0 Å². The molecule has 2 aliphatic heterocycles. The second-order valence-electron chi connectivity index (χ2n) is 8.86. The van der Waals surface area contributed by atoms with Crippen molar-refractivity contribution in [3.8, 4) is 0 Å². The van der Waals surface area contributed by atoms with Crippen molar-refractivity contribution in [1.82, 2.24) is 15.0 Å². The Morgan fingerprint density at radius 3 is 2.49 bits per heavy atom. The van der Waals surface area contributed by atoms with Gasteiger partial charge in [0.15, 0.2) is 0 Å². The number of halogens is 3. The van der Waals surface area contributed by atoms with Gasteiger partial charge >= 0.3 is 6.18 Å². The topological polar surface area (TPSA) is 92.4 Å². The Morgan fingerprint density at radius 1 is 0.971 bits per heavy atom. The molecule has 0 unspecified atom stereocenters. The summed E-state index contributed by atoms with van der Waals surface area (Å²) in [5.74, 6) is 2.10. The van der Waals surface area contributed by atoms with E-state index in [4.69, 9.17) is 20.4 Å². The van der Waals surface area contributed by atoms with E-state index in [0.29, 0.717) is 56.6 Å². The van der Waals surface area contributed by atoms with Gasteiger partial charge in [-0.25, -0.2) is 9.97 Å². The lowest BCUT2D eigenvalue weighted by atomic mass is 10.1. The van der Waals surface area contributed by atoms with E-state index in [0.717, 1.165) is 54.8 Å². The molecule has 11 heteroatoms. The van der Waals surface area contributed by atoms with Gasteiger partial charge in [0, 0.05) is 43.8 Å². The van der Waals surface area contributed by atoms with E-state index in [2.05, 4.69) is 20.1 Å². The number of aromatic nitrogens is 3. The number of nitrogens with one attached hydrogen (secondary N) is 1. The first kappa shape index (κ1) is 23.4. The molecule has 0 saturated carbocycles. The first-order chi connectivity index (χ1) is 16.9. The van der Waals surface area contributed by atoms with Crippen LogP contribution >= 0.6 is 0 Å². The summed E-state index contributed by atoms with van der Waals surface area (Å²) in [4.78, 5) is 18.5. The molecule has 0 amide bonds. The second kappa shape index (κ2) is 9.73. The van der Waals surface area contributed by atoms with Crippen LogP contribution in [-0.4, -0.2) is 60.9 Å². The zero-order valence-electron chi connectivity index (χ0n) is 19.3. The Labute approximate surface area is 201 Å². The van der Waals surface area contributed by atoms with Crippen LogP contribution in [0.25, 0.3) is 10.9 Å². The molecule has 0 bridgehead atoms. The van der Waals surface area contributed by atoms with Crippen molar-refractivity contribution >= 4 is 34.2 Å². The summed E-state index contributed by atoms with van der Waals surface area (Å²) in [7, 11) is 0. The summed E-state index contributed by atoms with van der Waals surface area (Å²) < 4.78 is 45.0. The van der Waals surface area contributed by atoms with Gasteiger partial charge in [0.1, 0.15) is 11.6 Å². The zero-order valence-corrected chi connectivity index (χ0v) is 19.3. The highest BCUT2D eigenvalue weighted by atomic mass is 19.4. The van der Waals surface area contributed by atoms with Gasteiger partial charge < -0.3 is 25.6 Å². The first-order valence-corrected chi connectivity index (χ1v) is 11.8. The van der Waals surface area contributed by atoms with Crippen LogP contribution in [0, 0.1) is 0 Å². The molecule has 5 rings (SSSR count). The molecule has 2 fully saturated rings. The predicted octanol–water partition coefficient (Wildman–Crippen LogP) is 3.72. The van der Waals surface area contributed by atoms with Gasteiger partial charge in [0.05, 0.1) is 30.5 Å². The number of nitrogens with zero attached hydrogens (tertiary/aromatic N) is 5. The molecule has 3 N–H and O–H groups in total. The van der Waals surface area contributed by atoms with Crippen molar-refractivity contribution in [3.63, 3.8) is 0 Å². The summed E-state index contributed by atoms with van der Waals surface area (Å²) in [6, 6.07) is 5.67. The van der Waals surface area contributed by atoms with E-state index < -0.39 is 11.7 Å². The van der Waals surface area contributed by atoms with Crippen molar-refractivity contribution < 1.29 is 17.9 Å². The fourth-order valence-electron chi connectivity index (χ4n) is 4.52. The standard InChI is InChI=1S/C24H28F3N7O/c25-24(26,27)17-11-16(12-18(28)13-17)3-4-29-22-19-14-21(33-5-1-2-6-33)30-15-20(19)31-23(32-22)34-7-9-35-10-8-34/h11-15H,1-10,28H2,(H,29,31,32). The first-order valence-electron chi connectivity index (χ1n) is 11.8. The summed E-state index contributed by atoms with van der Waals surface area (Å²) in [6.45, 7) is 4.90. The minimum atomic E-state index is -4.44. The van der Waals surface area contributed by atoms with Crippen LogP contribution < -0.4 is 20.9 Å². The van der Waals surface area contributed by atoms with E-state index >= 15 is 0 Å². The third-order valence-electron chi connectivity index (χ3n) is 6.33. The van der Waals surface area contributed by atoms with Crippen LogP contribution in [0.5, 0.6) is 0 Å². The number of benzene rings is 1. The number of hydrogen-bond acceptors (Lipinski definition) is 8. The summed E-state index contributed by atoms with van der Waals surface area (Å²) >= 11 is 0. The molecule has 0 aliphatic carbocycles. The monoisotopic (exact) mass is 487 g/mol. The molecule has 1 aromatic carbocycles. The average Bonchev–Trinajstić information content (AvgIpc) is 3.38. The number of pyridine rings is 1. The van der Waals surface area contributed by atoms with Crippen LogP contribution in [0.1, 0.15) is 24.0 Å². The molecular weight excluding hydrogens is 459 g/mol. The number of nitrogen functional groups attached to an aromatic ring is 1. The fraction of sp³-hybridized carbons (Fsp3) is 0.458. The van der Waals surface area contributed by atoms with Crippen LogP contribution in [0.3, 0.4) is 0 Å². The predicted molar refractivity (Wildman–Crippen MR) is 130 cm³/mol. The molecule has 2 aliphatic rings. The average molecular weight is 488 g/mol. The number of hydrogen-bond donors (Lipinski definition) is 2. The van der Waals surface area contributed by atoms with E-state index in [1.54, 1.807) is 12.3 Å². The normalized spacial score (nSPS) is 16.8. The van der Waals surface area contributed by atoms with E-state index in [1.807, 2.05) is 6.07 Å². The van der Waals surface area contributed by atoms with Gasteiger partial charge in [-0.3, -0.25) is 0 Å². The minimum absolute atomic E-state index is 0.0956. The Hall–Kier alpha value is -3.34. The molecule has 4 heterocycles. The van der Waals surface area contributed by atoms with Crippen molar-refractivity contribution in [3.05, 3.63) is 41.6 Å². The number of morpholine rings is 1.